The lowest BCUT2D eigenvalue weighted by Crippen LogP contribution is -2.43. The Labute approximate surface area is 126 Å². The molecule has 0 saturated carbocycles. The Morgan fingerprint density at radius 3 is 2.90 bits per heavy atom. The van der Waals surface area contributed by atoms with Crippen LogP contribution in [-0.4, -0.2) is 42.9 Å². The monoisotopic (exact) mass is 288 g/mol. The number of likely N-dealkylation sites (tertiary alicyclic amines) is 1. The molecule has 0 aromatic heterocycles. The molecule has 0 bridgehead atoms. The van der Waals surface area contributed by atoms with E-state index in [-0.39, 0.29) is 5.91 Å². The van der Waals surface area contributed by atoms with Crippen LogP contribution in [0.5, 0.6) is 0 Å². The number of nitrogens with one attached hydrogen (secondary N) is 1. The quantitative estimate of drug-likeness (QED) is 0.500. The van der Waals surface area contributed by atoms with Gasteiger partial charge in [0.2, 0.25) is 0 Å². The minimum atomic E-state index is -0.0732. The molecule has 1 aromatic rings. The van der Waals surface area contributed by atoms with E-state index >= 15 is 0 Å². The van der Waals surface area contributed by atoms with E-state index in [1.54, 1.807) is 12.1 Å². The molecule has 5 heteroatoms. The van der Waals surface area contributed by atoms with Crippen LogP contribution in [0.1, 0.15) is 30.1 Å². The van der Waals surface area contributed by atoms with Gasteiger partial charge < -0.3 is 16.0 Å². The number of guanidine groups is 1. The molecule has 0 aliphatic carbocycles. The Kier molecular flexibility index (Phi) is 5.60. The molecule has 114 valence electrons. The lowest BCUT2D eigenvalue weighted by molar-refractivity contribution is 0.0955. The summed E-state index contributed by atoms with van der Waals surface area (Å²) in [6.45, 7) is 5.20. The van der Waals surface area contributed by atoms with Gasteiger partial charge in [-0.05, 0) is 30.9 Å². The number of nitrogens with two attached hydrogens (primary N) is 1. The smallest absolute Gasteiger partial charge is 0.251 e. The predicted molar refractivity (Wildman–Crippen MR) is 85.2 cm³/mol. The summed E-state index contributed by atoms with van der Waals surface area (Å²) >= 11 is 0. The van der Waals surface area contributed by atoms with E-state index in [0.717, 1.165) is 13.1 Å². The Bertz CT molecular complexity index is 486. The van der Waals surface area contributed by atoms with E-state index in [1.165, 1.54) is 12.8 Å². The number of hydrogen-bond acceptors (Lipinski definition) is 2. The molecular formula is C16H24N4O. The number of rotatable bonds is 4. The molecule has 1 aliphatic heterocycles. The predicted octanol–water partition coefficient (Wildman–Crippen LogP) is 1.46. The highest BCUT2D eigenvalue weighted by atomic mass is 16.1. The van der Waals surface area contributed by atoms with Crippen molar-refractivity contribution in [1.82, 2.24) is 10.2 Å². The number of carbonyl (C=O) groups is 1. The number of piperidine rings is 1. The normalized spacial score (nSPS) is 19.4. The highest BCUT2D eigenvalue weighted by molar-refractivity contribution is 5.94. The number of benzene rings is 1. The molecule has 1 saturated heterocycles. The summed E-state index contributed by atoms with van der Waals surface area (Å²) in [6.07, 6.45) is 2.43. The molecule has 1 atom stereocenters. The fourth-order valence-corrected chi connectivity index (χ4v) is 2.53. The topological polar surface area (TPSA) is 70.7 Å². The first kappa shape index (κ1) is 15.4. The van der Waals surface area contributed by atoms with Gasteiger partial charge in [-0.2, -0.15) is 0 Å². The summed E-state index contributed by atoms with van der Waals surface area (Å²) in [7, 11) is 0. The largest absolute Gasteiger partial charge is 0.370 e. The van der Waals surface area contributed by atoms with Crippen molar-refractivity contribution in [2.75, 3.05) is 26.2 Å². The maximum Gasteiger partial charge on any atom is 0.251 e. The van der Waals surface area contributed by atoms with Crippen LogP contribution in [0.2, 0.25) is 0 Å². The van der Waals surface area contributed by atoms with Gasteiger partial charge in [-0.1, -0.05) is 25.1 Å². The van der Waals surface area contributed by atoms with E-state index in [9.17, 15) is 4.79 Å². The maximum atomic E-state index is 11.8. The van der Waals surface area contributed by atoms with Crippen molar-refractivity contribution in [2.24, 2.45) is 16.6 Å². The number of carbonyl (C=O) groups excluding carboxylic acids is 1. The molecule has 1 unspecified atom stereocenters. The second kappa shape index (κ2) is 7.67. The van der Waals surface area contributed by atoms with Gasteiger partial charge in [0.25, 0.3) is 5.91 Å². The van der Waals surface area contributed by atoms with Crippen LogP contribution in [-0.2, 0) is 0 Å². The van der Waals surface area contributed by atoms with Gasteiger partial charge >= 0.3 is 0 Å². The first-order valence-electron chi connectivity index (χ1n) is 7.55. The lowest BCUT2D eigenvalue weighted by Gasteiger charge is -2.31. The van der Waals surface area contributed by atoms with Crippen LogP contribution in [0.4, 0.5) is 0 Å². The van der Waals surface area contributed by atoms with E-state index in [4.69, 9.17) is 5.73 Å². The first-order valence-corrected chi connectivity index (χ1v) is 7.55. The SMILES string of the molecule is CC1CCCN(C(N)=NCCNC(=O)c2ccccc2)C1. The van der Waals surface area contributed by atoms with Crippen molar-refractivity contribution >= 4 is 11.9 Å². The Balaban J connectivity index is 1.73. The Hall–Kier alpha value is -2.04. The third-order valence-electron chi connectivity index (χ3n) is 3.69. The average molecular weight is 288 g/mol. The summed E-state index contributed by atoms with van der Waals surface area (Å²) in [5.74, 6) is 1.19. The third kappa shape index (κ3) is 4.77. The first-order chi connectivity index (χ1) is 10.2. The van der Waals surface area contributed by atoms with Crippen molar-refractivity contribution in [2.45, 2.75) is 19.8 Å². The van der Waals surface area contributed by atoms with Crippen molar-refractivity contribution < 1.29 is 4.79 Å². The van der Waals surface area contributed by atoms with Crippen LogP contribution in [0.25, 0.3) is 0 Å². The number of amides is 1. The van der Waals surface area contributed by atoms with E-state index in [1.807, 2.05) is 18.2 Å². The van der Waals surface area contributed by atoms with Gasteiger partial charge in [-0.15, -0.1) is 0 Å². The van der Waals surface area contributed by atoms with Crippen LogP contribution < -0.4 is 11.1 Å². The summed E-state index contributed by atoms with van der Waals surface area (Å²) in [6, 6.07) is 9.18. The van der Waals surface area contributed by atoms with Crippen molar-refractivity contribution in [1.29, 1.82) is 0 Å². The summed E-state index contributed by atoms with van der Waals surface area (Å²) in [5.41, 5.74) is 6.67. The highest BCUT2D eigenvalue weighted by Gasteiger charge is 2.17. The molecule has 2 rings (SSSR count). The van der Waals surface area contributed by atoms with E-state index in [0.29, 0.717) is 30.5 Å². The summed E-state index contributed by atoms with van der Waals surface area (Å²) in [4.78, 5) is 18.3. The lowest BCUT2D eigenvalue weighted by atomic mass is 10.0. The Morgan fingerprint density at radius 2 is 2.19 bits per heavy atom. The second-order valence-electron chi connectivity index (χ2n) is 5.56. The molecule has 1 heterocycles. The maximum absolute atomic E-state index is 11.8. The molecule has 1 aromatic carbocycles. The summed E-state index contributed by atoms with van der Waals surface area (Å²) in [5, 5.41) is 2.85. The molecule has 0 spiro atoms. The van der Waals surface area contributed by atoms with Crippen molar-refractivity contribution in [3.8, 4) is 0 Å². The molecule has 0 radical (unpaired) electrons. The Morgan fingerprint density at radius 1 is 1.43 bits per heavy atom. The molecule has 5 nitrogen and oxygen atoms in total. The van der Waals surface area contributed by atoms with Crippen LogP contribution >= 0.6 is 0 Å². The van der Waals surface area contributed by atoms with Gasteiger partial charge in [0.15, 0.2) is 5.96 Å². The minimum absolute atomic E-state index is 0.0732. The van der Waals surface area contributed by atoms with Crippen molar-refractivity contribution in [3.05, 3.63) is 35.9 Å². The zero-order valence-electron chi connectivity index (χ0n) is 12.6. The zero-order valence-corrected chi connectivity index (χ0v) is 12.6. The fraction of sp³-hybridized carbons (Fsp3) is 0.500. The van der Waals surface area contributed by atoms with Gasteiger partial charge in [-0.25, -0.2) is 0 Å². The molecule has 21 heavy (non-hydrogen) atoms. The van der Waals surface area contributed by atoms with E-state index in [2.05, 4.69) is 22.1 Å². The second-order valence-corrected chi connectivity index (χ2v) is 5.56. The van der Waals surface area contributed by atoms with Gasteiger partial charge in [-0.3, -0.25) is 9.79 Å². The third-order valence-corrected chi connectivity index (χ3v) is 3.69. The number of hydrogen-bond donors (Lipinski definition) is 2. The number of aliphatic imine (C=N–C) groups is 1. The van der Waals surface area contributed by atoms with Gasteiger partial charge in [0.1, 0.15) is 0 Å². The number of nitrogens with zero attached hydrogens (tertiary/aromatic N) is 2. The summed E-state index contributed by atoms with van der Waals surface area (Å²) < 4.78 is 0. The van der Waals surface area contributed by atoms with Crippen LogP contribution in [0.3, 0.4) is 0 Å². The van der Waals surface area contributed by atoms with Gasteiger partial charge in [0, 0.05) is 25.2 Å². The highest BCUT2D eigenvalue weighted by Crippen LogP contribution is 2.14. The standard InChI is InChI=1S/C16H24N4O/c1-13-6-5-11-20(12-13)16(17)19-10-9-18-15(21)14-7-3-2-4-8-14/h2-4,7-8,13H,5-6,9-12H2,1H3,(H2,17,19)(H,18,21). The van der Waals surface area contributed by atoms with Crippen LogP contribution in [0.15, 0.2) is 35.3 Å². The minimum Gasteiger partial charge on any atom is -0.370 e. The molecule has 3 N–H and O–H groups in total. The van der Waals surface area contributed by atoms with Crippen molar-refractivity contribution in [3.63, 3.8) is 0 Å². The fourth-order valence-electron chi connectivity index (χ4n) is 2.53. The molecule has 1 aliphatic rings. The zero-order chi connectivity index (χ0) is 15.1. The molecule has 1 amide bonds. The molecule has 1 fully saturated rings. The van der Waals surface area contributed by atoms with Crippen LogP contribution in [0, 0.1) is 5.92 Å². The molecular weight excluding hydrogens is 264 g/mol. The van der Waals surface area contributed by atoms with Gasteiger partial charge in [0.05, 0.1) is 6.54 Å². The average Bonchev–Trinajstić information content (AvgIpc) is 2.52. The van der Waals surface area contributed by atoms with E-state index < -0.39 is 0 Å².